The Labute approximate surface area is 115 Å². The van der Waals surface area contributed by atoms with Crippen LogP contribution in [0.3, 0.4) is 0 Å². The third-order valence-electron chi connectivity index (χ3n) is 4.13. The number of nitrogens with zero attached hydrogens (tertiary/aromatic N) is 1. The van der Waals surface area contributed by atoms with Crippen LogP contribution in [0.15, 0.2) is 42.5 Å². The van der Waals surface area contributed by atoms with Crippen LogP contribution in [0.4, 0.5) is 0 Å². The van der Waals surface area contributed by atoms with E-state index in [1.54, 1.807) is 0 Å². The summed E-state index contributed by atoms with van der Waals surface area (Å²) in [6.45, 7) is 0.251. The first-order chi connectivity index (χ1) is 9.90. The summed E-state index contributed by atoms with van der Waals surface area (Å²) >= 11 is 0. The molecule has 20 heavy (non-hydrogen) atoms. The predicted molar refractivity (Wildman–Crippen MR) is 76.1 cm³/mol. The van der Waals surface area contributed by atoms with Crippen LogP contribution < -0.4 is 9.47 Å². The smallest absolute Gasteiger partial charge is 0.234 e. The molecule has 0 saturated heterocycles. The Hall–Kier alpha value is -2.55. The molecule has 0 unspecified atom stereocenters. The van der Waals surface area contributed by atoms with Gasteiger partial charge in [0.2, 0.25) is 18.6 Å². The maximum absolute atomic E-state index is 5.59. The molecule has 0 fully saturated rings. The van der Waals surface area contributed by atoms with E-state index in [9.17, 15) is 0 Å². The van der Waals surface area contributed by atoms with Gasteiger partial charge < -0.3 is 9.47 Å². The minimum absolute atomic E-state index is 0.251. The quantitative estimate of drug-likeness (QED) is 0.485. The summed E-state index contributed by atoms with van der Waals surface area (Å²) in [5.41, 5.74) is 5.32. The molecule has 1 aliphatic carbocycles. The van der Waals surface area contributed by atoms with E-state index >= 15 is 0 Å². The Kier molecular flexibility index (Phi) is 1.80. The average Bonchev–Trinajstić information content (AvgIpc) is 2.85. The standard InChI is InChI=1S/C17H11NO2/c1-2-4-12-10(3-1)7-14-13(12)6-5-11-8-15-18-17(16(11)14)20-9-19-15/h1-6,8H,7,9H2. The summed E-state index contributed by atoms with van der Waals surface area (Å²) in [5, 5.41) is 2.27. The largest absolute Gasteiger partial charge is 0.440 e. The molecular weight excluding hydrogens is 250 g/mol. The molecule has 3 heteroatoms. The fraction of sp³-hybridized carbons (Fsp3) is 0.118. The molecule has 2 heterocycles. The van der Waals surface area contributed by atoms with Crippen molar-refractivity contribution >= 4 is 10.8 Å². The highest BCUT2D eigenvalue weighted by Gasteiger charge is 2.24. The van der Waals surface area contributed by atoms with Gasteiger partial charge in [-0.15, -0.1) is 0 Å². The van der Waals surface area contributed by atoms with E-state index in [1.807, 2.05) is 6.07 Å². The fourth-order valence-electron chi connectivity index (χ4n) is 3.25. The van der Waals surface area contributed by atoms with Gasteiger partial charge in [0.15, 0.2) is 0 Å². The van der Waals surface area contributed by atoms with Gasteiger partial charge in [0.1, 0.15) is 0 Å². The maximum atomic E-state index is 5.59. The van der Waals surface area contributed by atoms with Crippen molar-refractivity contribution in [3.8, 4) is 22.9 Å². The van der Waals surface area contributed by atoms with Crippen LogP contribution in [0.5, 0.6) is 11.8 Å². The van der Waals surface area contributed by atoms with E-state index in [0.717, 1.165) is 17.2 Å². The molecule has 0 amide bonds. The number of aromatic nitrogens is 1. The van der Waals surface area contributed by atoms with Crippen LogP contribution in [-0.4, -0.2) is 11.8 Å². The maximum Gasteiger partial charge on any atom is 0.234 e. The van der Waals surface area contributed by atoms with Gasteiger partial charge in [-0.05, 0) is 34.1 Å². The molecule has 3 aromatic rings. The Morgan fingerprint density at radius 1 is 0.950 bits per heavy atom. The van der Waals surface area contributed by atoms with Gasteiger partial charge in [0.05, 0.1) is 0 Å². The molecule has 1 aliphatic heterocycles. The van der Waals surface area contributed by atoms with E-state index in [-0.39, 0.29) is 6.79 Å². The molecule has 1 aromatic heterocycles. The third-order valence-corrected chi connectivity index (χ3v) is 4.13. The Balaban J connectivity index is 1.89. The summed E-state index contributed by atoms with van der Waals surface area (Å²) in [7, 11) is 0. The lowest BCUT2D eigenvalue weighted by molar-refractivity contribution is 0.0906. The van der Waals surface area contributed by atoms with E-state index in [1.165, 1.54) is 22.3 Å². The first kappa shape index (κ1) is 10.3. The predicted octanol–water partition coefficient (Wildman–Crippen LogP) is 3.53. The Morgan fingerprint density at radius 3 is 2.90 bits per heavy atom. The summed E-state index contributed by atoms with van der Waals surface area (Å²) in [5.74, 6) is 1.35. The van der Waals surface area contributed by atoms with E-state index in [2.05, 4.69) is 41.4 Å². The van der Waals surface area contributed by atoms with Gasteiger partial charge in [0, 0.05) is 11.5 Å². The molecule has 2 bridgehead atoms. The average molecular weight is 261 g/mol. The fourth-order valence-corrected chi connectivity index (χ4v) is 3.25. The van der Waals surface area contributed by atoms with Gasteiger partial charge in [-0.2, -0.15) is 4.98 Å². The molecule has 0 atom stereocenters. The first-order valence-corrected chi connectivity index (χ1v) is 6.71. The summed E-state index contributed by atoms with van der Waals surface area (Å²) < 4.78 is 10.9. The zero-order valence-electron chi connectivity index (χ0n) is 10.7. The van der Waals surface area contributed by atoms with Crippen LogP contribution >= 0.6 is 0 Å². The highest BCUT2D eigenvalue weighted by atomic mass is 16.7. The van der Waals surface area contributed by atoms with Crippen LogP contribution in [0.25, 0.3) is 21.9 Å². The van der Waals surface area contributed by atoms with Gasteiger partial charge in [0.25, 0.3) is 0 Å². The molecule has 0 N–H and O–H groups in total. The number of rotatable bonds is 0. The topological polar surface area (TPSA) is 31.4 Å². The monoisotopic (exact) mass is 261 g/mol. The van der Waals surface area contributed by atoms with Crippen molar-refractivity contribution < 1.29 is 9.47 Å². The lowest BCUT2D eigenvalue weighted by atomic mass is 10.0. The Morgan fingerprint density at radius 2 is 1.90 bits per heavy atom. The summed E-state index contributed by atoms with van der Waals surface area (Å²) in [6, 6.07) is 14.9. The van der Waals surface area contributed by atoms with Crippen LogP contribution in [0.2, 0.25) is 0 Å². The second-order valence-corrected chi connectivity index (χ2v) is 5.20. The van der Waals surface area contributed by atoms with Gasteiger partial charge in [-0.1, -0.05) is 36.4 Å². The number of ether oxygens (including phenoxy) is 2. The lowest BCUT2D eigenvalue weighted by Gasteiger charge is -2.18. The molecule has 0 saturated carbocycles. The van der Waals surface area contributed by atoms with Crippen molar-refractivity contribution in [1.29, 1.82) is 0 Å². The summed E-state index contributed by atoms with van der Waals surface area (Å²) in [6.07, 6.45) is 0.946. The third kappa shape index (κ3) is 1.22. The van der Waals surface area contributed by atoms with Crippen molar-refractivity contribution in [2.45, 2.75) is 6.42 Å². The minimum Gasteiger partial charge on any atom is -0.440 e. The number of benzene rings is 2. The molecule has 3 nitrogen and oxygen atoms in total. The van der Waals surface area contributed by atoms with Crippen molar-refractivity contribution in [3.05, 3.63) is 53.6 Å². The number of fused-ring (bicyclic) bond motifs is 8. The zero-order valence-corrected chi connectivity index (χ0v) is 10.7. The van der Waals surface area contributed by atoms with Gasteiger partial charge in [-0.3, -0.25) is 0 Å². The molecule has 96 valence electrons. The number of pyridine rings is 1. The number of hydrogen-bond donors (Lipinski definition) is 0. The molecule has 2 aromatic carbocycles. The van der Waals surface area contributed by atoms with Crippen molar-refractivity contribution in [2.75, 3.05) is 6.79 Å². The second-order valence-electron chi connectivity index (χ2n) is 5.20. The molecule has 5 rings (SSSR count). The van der Waals surface area contributed by atoms with Crippen LogP contribution in [-0.2, 0) is 6.42 Å². The molecule has 0 radical (unpaired) electrons. The first-order valence-electron chi connectivity index (χ1n) is 6.71. The Bertz CT molecular complexity index is 870. The van der Waals surface area contributed by atoms with Crippen molar-refractivity contribution in [2.24, 2.45) is 0 Å². The highest BCUT2D eigenvalue weighted by Crippen LogP contribution is 2.43. The van der Waals surface area contributed by atoms with Crippen molar-refractivity contribution in [3.63, 3.8) is 0 Å². The van der Waals surface area contributed by atoms with Gasteiger partial charge in [-0.25, -0.2) is 0 Å². The van der Waals surface area contributed by atoms with Gasteiger partial charge >= 0.3 is 0 Å². The van der Waals surface area contributed by atoms with E-state index in [0.29, 0.717) is 11.8 Å². The highest BCUT2D eigenvalue weighted by molar-refractivity contribution is 5.98. The molecular formula is C17H11NO2. The van der Waals surface area contributed by atoms with Crippen molar-refractivity contribution in [1.82, 2.24) is 4.98 Å². The summed E-state index contributed by atoms with van der Waals surface area (Å²) in [4.78, 5) is 4.40. The van der Waals surface area contributed by atoms with E-state index < -0.39 is 0 Å². The number of hydrogen-bond acceptors (Lipinski definition) is 3. The van der Waals surface area contributed by atoms with Crippen LogP contribution in [0.1, 0.15) is 11.1 Å². The molecule has 2 aliphatic rings. The second kappa shape index (κ2) is 3.51. The SMILES string of the molecule is c1ccc2c(c1)Cc1c-2ccc2cc3nc(c12)OCO3. The zero-order chi connectivity index (χ0) is 13.1. The van der Waals surface area contributed by atoms with Crippen LogP contribution in [0, 0.1) is 0 Å². The lowest BCUT2D eigenvalue weighted by Crippen LogP contribution is -2.13. The minimum atomic E-state index is 0.251. The normalized spacial score (nSPS) is 14.4. The van der Waals surface area contributed by atoms with E-state index in [4.69, 9.17) is 9.47 Å². The molecule has 0 spiro atoms.